The van der Waals surface area contributed by atoms with Crippen LogP contribution in [-0.2, 0) is 0 Å². The monoisotopic (exact) mass is 220 g/mol. The van der Waals surface area contributed by atoms with Crippen molar-refractivity contribution in [2.75, 3.05) is 19.6 Å². The molecule has 0 amide bonds. The molecule has 0 radical (unpaired) electrons. The van der Waals surface area contributed by atoms with Gasteiger partial charge in [0, 0.05) is 19.1 Å². The normalized spacial score (nSPS) is 29.4. The Morgan fingerprint density at radius 1 is 1.50 bits per heavy atom. The summed E-state index contributed by atoms with van der Waals surface area (Å²) in [5, 5.41) is 3.68. The molecule has 2 fully saturated rings. The summed E-state index contributed by atoms with van der Waals surface area (Å²) in [6.45, 7) is 5.73. The van der Waals surface area contributed by atoms with Crippen LogP contribution in [0.15, 0.2) is 0 Å². The van der Waals surface area contributed by atoms with Gasteiger partial charge in [0.05, 0.1) is 6.04 Å². The van der Waals surface area contributed by atoms with E-state index in [0.29, 0.717) is 12.1 Å². The highest BCUT2D eigenvalue weighted by molar-refractivity contribution is 5.02. The van der Waals surface area contributed by atoms with Gasteiger partial charge in [-0.05, 0) is 38.1 Å². The van der Waals surface area contributed by atoms with Crippen molar-refractivity contribution in [1.82, 2.24) is 10.2 Å². The van der Waals surface area contributed by atoms with E-state index in [9.17, 15) is 0 Å². The maximum absolute atomic E-state index is 5.67. The highest BCUT2D eigenvalue weighted by atomic mass is 15.2. The van der Waals surface area contributed by atoms with E-state index >= 15 is 0 Å². The molecule has 0 aromatic carbocycles. The lowest BCUT2D eigenvalue weighted by molar-refractivity contribution is 0.215. The van der Waals surface area contributed by atoms with Crippen LogP contribution in [0.25, 0.3) is 0 Å². The first-order valence-electron chi connectivity index (χ1n) is 6.78. The van der Waals surface area contributed by atoms with Crippen LogP contribution in [-0.4, -0.2) is 36.6 Å². The average molecular weight is 220 g/mol. The molecule has 1 saturated carbocycles. The summed E-state index contributed by atoms with van der Waals surface area (Å²) in [6, 6.07) is 1.07. The van der Waals surface area contributed by atoms with Crippen molar-refractivity contribution in [2.24, 2.45) is 5.92 Å². The molecule has 1 heterocycles. The van der Waals surface area contributed by atoms with Gasteiger partial charge in [0.1, 0.15) is 0 Å². The summed E-state index contributed by atoms with van der Waals surface area (Å²) in [4.78, 5) is 2.53. The third-order valence-corrected chi connectivity index (χ3v) is 3.85. The van der Waals surface area contributed by atoms with E-state index in [1.165, 1.54) is 45.3 Å². The number of nitrogens with zero attached hydrogens (tertiary/aromatic N) is 1. The van der Waals surface area contributed by atoms with Crippen LogP contribution in [0.3, 0.4) is 0 Å². The van der Waals surface area contributed by atoms with Gasteiger partial charge in [0.15, 0.2) is 0 Å². The molecule has 1 saturated heterocycles. The van der Waals surface area contributed by atoms with Gasteiger partial charge in [-0.15, -0.1) is 6.42 Å². The number of hydrogen-bond acceptors (Lipinski definition) is 2. The average Bonchev–Trinajstić information content (AvgIpc) is 3.10. The van der Waals surface area contributed by atoms with Crippen molar-refractivity contribution >= 4 is 0 Å². The predicted octanol–water partition coefficient (Wildman–Crippen LogP) is 1.86. The number of terminal acetylenes is 1. The van der Waals surface area contributed by atoms with Gasteiger partial charge < -0.3 is 5.32 Å². The molecular weight excluding hydrogens is 196 g/mol. The van der Waals surface area contributed by atoms with Crippen molar-refractivity contribution in [3.05, 3.63) is 0 Å². The highest BCUT2D eigenvalue weighted by Gasteiger charge is 2.34. The van der Waals surface area contributed by atoms with Gasteiger partial charge in [-0.25, -0.2) is 0 Å². The molecular formula is C14H24N2. The van der Waals surface area contributed by atoms with Gasteiger partial charge in [0.25, 0.3) is 0 Å². The summed E-state index contributed by atoms with van der Waals surface area (Å²) >= 11 is 0. The Labute approximate surface area is 99.8 Å². The fourth-order valence-corrected chi connectivity index (χ4v) is 2.72. The predicted molar refractivity (Wildman–Crippen MR) is 68.2 cm³/mol. The van der Waals surface area contributed by atoms with Crippen LogP contribution >= 0.6 is 0 Å². The quantitative estimate of drug-likeness (QED) is 0.728. The van der Waals surface area contributed by atoms with Gasteiger partial charge in [-0.1, -0.05) is 19.3 Å². The molecule has 2 unspecified atom stereocenters. The van der Waals surface area contributed by atoms with Crippen molar-refractivity contribution < 1.29 is 0 Å². The third kappa shape index (κ3) is 2.99. The zero-order chi connectivity index (χ0) is 11.4. The smallest absolute Gasteiger partial charge is 0.0712 e. The molecule has 2 aliphatic rings. The maximum atomic E-state index is 5.67. The van der Waals surface area contributed by atoms with Crippen LogP contribution in [0, 0.1) is 18.3 Å². The third-order valence-electron chi connectivity index (χ3n) is 3.85. The van der Waals surface area contributed by atoms with Crippen molar-refractivity contribution in [3.8, 4) is 12.3 Å². The molecule has 1 aliphatic carbocycles. The van der Waals surface area contributed by atoms with Crippen LogP contribution in [0.1, 0.15) is 39.0 Å². The molecule has 0 aromatic heterocycles. The summed E-state index contributed by atoms with van der Waals surface area (Å²) < 4.78 is 0. The van der Waals surface area contributed by atoms with E-state index in [1.54, 1.807) is 0 Å². The summed E-state index contributed by atoms with van der Waals surface area (Å²) in [5.41, 5.74) is 0. The van der Waals surface area contributed by atoms with Crippen LogP contribution in [0.2, 0.25) is 0 Å². The molecule has 16 heavy (non-hydrogen) atoms. The summed E-state index contributed by atoms with van der Waals surface area (Å²) in [7, 11) is 0. The molecule has 2 atom stereocenters. The second-order valence-electron chi connectivity index (χ2n) is 5.22. The number of nitrogens with one attached hydrogen (secondary N) is 1. The highest BCUT2D eigenvalue weighted by Crippen LogP contribution is 2.33. The van der Waals surface area contributed by atoms with Crippen LogP contribution < -0.4 is 5.32 Å². The van der Waals surface area contributed by atoms with Gasteiger partial charge in [-0.2, -0.15) is 0 Å². The van der Waals surface area contributed by atoms with Gasteiger partial charge in [0.2, 0.25) is 0 Å². The lowest BCUT2D eigenvalue weighted by Gasteiger charge is -2.29. The first kappa shape index (κ1) is 12.0. The Hall–Kier alpha value is -0.520. The lowest BCUT2D eigenvalue weighted by Crippen LogP contribution is -2.43. The van der Waals surface area contributed by atoms with Gasteiger partial charge in [-0.3, -0.25) is 4.90 Å². The van der Waals surface area contributed by atoms with Crippen LogP contribution in [0.4, 0.5) is 0 Å². The molecule has 1 N–H and O–H groups in total. The van der Waals surface area contributed by atoms with E-state index in [-0.39, 0.29) is 0 Å². The van der Waals surface area contributed by atoms with E-state index in [2.05, 4.69) is 23.1 Å². The molecule has 2 nitrogen and oxygen atoms in total. The lowest BCUT2D eigenvalue weighted by atomic mass is 10.1. The van der Waals surface area contributed by atoms with Crippen LogP contribution in [0.5, 0.6) is 0 Å². The largest absolute Gasteiger partial charge is 0.312 e. The molecule has 2 heteroatoms. The number of hydrogen-bond donors (Lipinski definition) is 1. The summed E-state index contributed by atoms with van der Waals surface area (Å²) in [6.07, 6.45) is 12.1. The Morgan fingerprint density at radius 3 is 2.94 bits per heavy atom. The minimum absolute atomic E-state index is 0.367. The Kier molecular flexibility index (Phi) is 4.26. The first-order chi connectivity index (χ1) is 7.85. The topological polar surface area (TPSA) is 15.3 Å². The van der Waals surface area contributed by atoms with Crippen molar-refractivity contribution in [3.63, 3.8) is 0 Å². The zero-order valence-electron chi connectivity index (χ0n) is 10.4. The standard InChI is InChI=1S/C14H24N2/c1-3-6-13(4-2)16-10-5-9-15-14(11-16)12-7-8-12/h2,12-15H,3,5-11H2,1H3. The minimum Gasteiger partial charge on any atom is -0.312 e. The fourth-order valence-electron chi connectivity index (χ4n) is 2.72. The Bertz CT molecular complexity index is 252. The van der Waals surface area contributed by atoms with E-state index in [1.807, 2.05) is 0 Å². The van der Waals surface area contributed by atoms with Crippen molar-refractivity contribution in [1.29, 1.82) is 0 Å². The molecule has 0 spiro atoms. The molecule has 0 bridgehead atoms. The first-order valence-corrected chi connectivity index (χ1v) is 6.78. The van der Waals surface area contributed by atoms with E-state index in [4.69, 9.17) is 6.42 Å². The second kappa shape index (κ2) is 5.70. The molecule has 90 valence electrons. The maximum Gasteiger partial charge on any atom is 0.0712 e. The minimum atomic E-state index is 0.367. The Balaban J connectivity index is 1.93. The molecule has 1 aliphatic heterocycles. The van der Waals surface area contributed by atoms with Gasteiger partial charge >= 0.3 is 0 Å². The van der Waals surface area contributed by atoms with E-state index < -0.39 is 0 Å². The second-order valence-corrected chi connectivity index (χ2v) is 5.22. The zero-order valence-corrected chi connectivity index (χ0v) is 10.4. The summed E-state index contributed by atoms with van der Waals surface area (Å²) in [5.74, 6) is 3.91. The SMILES string of the molecule is C#CC(CCC)N1CCCNC(C2CC2)C1. The van der Waals surface area contributed by atoms with Crippen molar-refractivity contribution in [2.45, 2.75) is 51.1 Å². The molecule has 2 rings (SSSR count). The molecule has 0 aromatic rings. The number of rotatable bonds is 4. The van der Waals surface area contributed by atoms with E-state index in [0.717, 1.165) is 12.3 Å². The fraction of sp³-hybridized carbons (Fsp3) is 0.857. The Morgan fingerprint density at radius 2 is 2.31 bits per heavy atom.